The van der Waals surface area contributed by atoms with Gasteiger partial charge >= 0.3 is 20.2 Å². The summed E-state index contributed by atoms with van der Waals surface area (Å²) in [6, 6.07) is 0. The third-order valence-electron chi connectivity index (χ3n) is 16.6. The fourth-order valence-corrected chi connectivity index (χ4v) is 17.7. The lowest BCUT2D eigenvalue weighted by Gasteiger charge is -2.40. The van der Waals surface area contributed by atoms with Gasteiger partial charge in [-0.2, -0.15) is 9.97 Å². The minimum atomic E-state index is -4.42. The first-order valence-electron chi connectivity index (χ1n) is 29.1. The minimum absolute atomic E-state index is 0. The Balaban J connectivity index is 0.000000199. The predicted molar refractivity (Wildman–Crippen MR) is 361 cm³/mol. The lowest BCUT2D eigenvalue weighted by Crippen LogP contribution is -2.50. The van der Waals surface area contributed by atoms with Crippen molar-refractivity contribution in [3.05, 3.63) is 58.7 Å². The summed E-state index contributed by atoms with van der Waals surface area (Å²) in [5.41, 5.74) is 22.6. The molecule has 99 heavy (non-hydrogen) atoms. The second kappa shape index (κ2) is 28.2. The first-order chi connectivity index (χ1) is 45.9. The molecule has 0 saturated carbocycles. The summed E-state index contributed by atoms with van der Waals surface area (Å²) in [6.45, 7) is -7.64. The highest BCUT2D eigenvalue weighted by Gasteiger charge is 2.57. The van der Waals surface area contributed by atoms with Gasteiger partial charge in [0.2, 0.25) is 11.9 Å². The van der Waals surface area contributed by atoms with Crippen LogP contribution in [0.3, 0.4) is 0 Å². The lowest BCUT2D eigenvalue weighted by molar-refractivity contribution is -0.0586. The van der Waals surface area contributed by atoms with Crippen molar-refractivity contribution in [3.63, 3.8) is 0 Å². The van der Waals surface area contributed by atoms with Crippen molar-refractivity contribution >= 4 is 151 Å². The van der Waals surface area contributed by atoms with Crippen LogP contribution in [0.15, 0.2) is 47.6 Å². The van der Waals surface area contributed by atoms with Crippen molar-refractivity contribution < 1.29 is 93.3 Å². The summed E-state index contributed by atoms with van der Waals surface area (Å²) in [5.74, 6) is -0.310. The van der Waals surface area contributed by atoms with E-state index in [1.807, 2.05) is 33.9 Å². The molecule has 8 unspecified atom stereocenters. The number of aromatic nitrogens is 16. The zero-order valence-corrected chi connectivity index (χ0v) is 59.6. The fourth-order valence-electron chi connectivity index (χ4n) is 11.1. The van der Waals surface area contributed by atoms with E-state index in [9.17, 15) is 39.0 Å². The SMILES string of the molecule is C.CC(C)(C)[Si](C)(C)O[C@@H]1C2OP(O)(=S)OC[C@H]3O[C@@H](n4cnc5c(N)ncnc54)C(F)[C@H]3OP(=O)(S)OC[C@H]1O[C@H]2n1cnc2c(=O)[nH]c(N)nc21.CP(O)(=S)O[C@@H]1C(F)[C@H](n2cnc3c(N)ncnc32)O[C@@H]1COP(O)(=S)OC1[C@@H](O)[C@@H](CO)O[C@H]1n1cnc2c(=O)[nH]c(N)nc21. The normalized spacial score (nSPS) is 32.7. The van der Waals surface area contributed by atoms with E-state index in [0.717, 1.165) is 6.33 Å². The number of fused-ring (bicyclic) bond motifs is 7. The number of ether oxygens (including phenoxy) is 4. The Hall–Kier alpha value is -5.07. The molecule has 5 aliphatic rings. The second-order valence-electron chi connectivity index (χ2n) is 24.3. The molecule has 5 fully saturated rings. The van der Waals surface area contributed by atoms with Gasteiger partial charge in [-0.3, -0.25) is 55.9 Å². The minimum Gasteiger partial charge on any atom is -0.408 e. The number of aromatic amines is 2. The highest BCUT2D eigenvalue weighted by atomic mass is 32.7. The van der Waals surface area contributed by atoms with Crippen LogP contribution in [-0.4, -0.2) is 218 Å². The van der Waals surface area contributed by atoms with E-state index in [1.54, 1.807) is 0 Å². The molecule has 5 aliphatic heterocycles. The molecule has 5 saturated heterocycles. The predicted octanol–water partition coefficient (Wildman–Crippen LogP) is 1.90. The van der Waals surface area contributed by atoms with Crippen LogP contribution in [-0.2, 0) is 95.0 Å². The quantitative estimate of drug-likeness (QED) is 0.0420. The molecule has 542 valence electrons. The topological polar surface area (TPSA) is 547 Å². The van der Waals surface area contributed by atoms with Gasteiger partial charge in [-0.15, -0.1) is 0 Å². The maximum Gasteiger partial charge on any atom is 0.386 e. The van der Waals surface area contributed by atoms with Crippen LogP contribution in [0.25, 0.3) is 44.7 Å². The van der Waals surface area contributed by atoms with Crippen molar-refractivity contribution in [2.24, 2.45) is 0 Å². The van der Waals surface area contributed by atoms with Crippen LogP contribution >= 0.6 is 39.0 Å². The summed E-state index contributed by atoms with van der Waals surface area (Å²) >= 11 is 19.9. The van der Waals surface area contributed by atoms with Gasteiger partial charge in [0.25, 0.3) is 11.1 Å². The van der Waals surface area contributed by atoms with E-state index >= 15 is 8.78 Å². The molecule has 0 amide bonds. The highest BCUT2D eigenvalue weighted by molar-refractivity contribution is 8.44. The Morgan fingerprint density at radius 3 is 1.73 bits per heavy atom. The van der Waals surface area contributed by atoms with Crippen molar-refractivity contribution in [1.82, 2.24) is 78.1 Å². The number of nitrogens with two attached hydrogens (primary N) is 4. The van der Waals surface area contributed by atoms with Crippen molar-refractivity contribution in [1.29, 1.82) is 0 Å². The number of hydrogen-bond acceptors (Lipinski definition) is 34. The molecule has 51 heteroatoms. The Morgan fingerprint density at radius 2 is 1.19 bits per heavy atom. The summed E-state index contributed by atoms with van der Waals surface area (Å²) in [7, 11) is -2.68. The number of aliphatic hydroxyl groups excluding tert-OH is 2. The van der Waals surface area contributed by atoms with E-state index < -0.39 is 171 Å². The average molecular weight is 1560 g/mol. The Bertz CT molecular complexity index is 4670. The standard InChI is InChI=1S/C26H37FN10O10P2S2Si.C21H27FN10O10P2S2.CH4/c1-26(2,3)52(4,5)47-17-12-7-42-48(39,50)45-16-11(43-23(13(16)27)36-9-32-14-19(28)30-8-31-20(14)36)6-41-49(40,51)46-18(17)24(44-12)37-10-33-15-21(37)34-25(29)35-22(15)38;1-43(36,45)41-13-8(40-19(9(13)22)31-5-27-10-15(23)25-4-26-16(10)31)3-38-44(37,46)42-14-12(34)7(2-33)39-20(14)32-6-28-11-17(32)29-21(24)30-18(11)35;/h8-13,16-18,23-24H,6-7H2,1-5H3,(H,39,50)(H,40,51)(H2,28,30,31)(H3,29,34,35,38);4-9,12-14,19-20,33-34H,2-3H2,1H3,(H,36,45)(H,37,46)(H2,23,25,26)(H3,24,29,30,35);1H4/t11-,12-,13?,16+,17+,18?,23-,24-,48?,49?;7-,8-,9?,12+,13+,14?,19-,20-,43?,44?;/m11./s1. The lowest BCUT2D eigenvalue weighted by atomic mass is 10.1. The second-order valence-corrected chi connectivity index (χ2v) is 41.3. The zero-order chi connectivity index (χ0) is 70.7. The average Bonchev–Trinajstić information content (AvgIpc) is 1.62. The number of halogens is 2. The number of H-pyrrole nitrogens is 2. The molecule has 15 N–H and O–H groups in total. The van der Waals surface area contributed by atoms with E-state index in [0.29, 0.717) is 0 Å². The molecule has 13 heterocycles. The number of rotatable bonds is 14. The molecule has 40 nitrogen and oxygen atoms in total. The largest absolute Gasteiger partial charge is 0.408 e. The number of alkyl halides is 2. The summed E-state index contributed by atoms with van der Waals surface area (Å²) < 4.78 is 122. The van der Waals surface area contributed by atoms with Crippen LogP contribution in [0.2, 0.25) is 18.1 Å². The van der Waals surface area contributed by atoms with Gasteiger partial charge < -0.3 is 84.8 Å². The van der Waals surface area contributed by atoms with Crippen molar-refractivity contribution in [2.75, 3.05) is 56.0 Å². The van der Waals surface area contributed by atoms with Crippen LogP contribution < -0.4 is 34.1 Å². The number of aliphatic hydroxyl groups is 2. The van der Waals surface area contributed by atoms with Gasteiger partial charge in [0.1, 0.15) is 84.7 Å². The molecular weight excluding hydrogens is 1490 g/mol. The number of hydrogen-bond donors (Lipinski definition) is 12. The fraction of sp³-hybridized carbons (Fsp3) is 0.583. The first-order valence-corrected chi connectivity index (χ1v) is 43.0. The summed E-state index contributed by atoms with van der Waals surface area (Å²) in [4.78, 5) is 103. The maximum absolute atomic E-state index is 16.3. The van der Waals surface area contributed by atoms with Gasteiger partial charge in [0.05, 0.1) is 51.7 Å². The number of nitrogens with zero attached hydrogens (tertiary/aromatic N) is 14. The highest BCUT2D eigenvalue weighted by Crippen LogP contribution is 2.60. The third kappa shape index (κ3) is 15.2. The van der Waals surface area contributed by atoms with Gasteiger partial charge in [0, 0.05) is 6.66 Å². The number of anilines is 4. The molecule has 0 spiro atoms. The molecule has 0 aromatic carbocycles. The number of nitrogens with one attached hydrogen (secondary N) is 2. The van der Waals surface area contributed by atoms with Gasteiger partial charge in [0.15, 0.2) is 97.3 Å². The molecule has 13 rings (SSSR count). The van der Waals surface area contributed by atoms with Crippen LogP contribution in [0.5, 0.6) is 0 Å². The smallest absolute Gasteiger partial charge is 0.386 e. The molecule has 8 aromatic rings. The molecule has 0 aliphatic carbocycles. The van der Waals surface area contributed by atoms with E-state index in [2.05, 4.69) is 72.1 Å². The van der Waals surface area contributed by atoms with E-state index in [1.165, 1.54) is 56.6 Å². The van der Waals surface area contributed by atoms with E-state index in [-0.39, 0.29) is 80.7 Å². The van der Waals surface area contributed by atoms with Gasteiger partial charge in [-0.1, -0.05) is 40.4 Å². The molecule has 20 atom stereocenters. The maximum atomic E-state index is 16.3. The summed E-state index contributed by atoms with van der Waals surface area (Å²) in [5, 5.41) is 20.3. The first kappa shape index (κ1) is 75.1. The monoisotopic (exact) mass is 1560 g/mol. The molecule has 2 bridgehead atoms. The Kier molecular flexibility index (Phi) is 21.4. The van der Waals surface area contributed by atoms with E-state index in [4.69, 9.17) is 113 Å². The van der Waals surface area contributed by atoms with Crippen molar-refractivity contribution in [3.8, 4) is 0 Å². The third-order valence-corrected chi connectivity index (χ3v) is 26.7. The Labute approximate surface area is 578 Å². The van der Waals surface area contributed by atoms with Crippen LogP contribution in [0.1, 0.15) is 53.1 Å². The molecule has 0 radical (unpaired) electrons. The molecular formula is C48H68F2N20O20P4S4Si. The zero-order valence-electron chi connectivity index (χ0n) is 51.7. The number of imidazole rings is 4. The number of thiol groups is 1. The van der Waals surface area contributed by atoms with Crippen LogP contribution in [0.4, 0.5) is 32.3 Å². The molecule has 8 aromatic heterocycles. The van der Waals surface area contributed by atoms with Crippen LogP contribution in [0, 0.1) is 0 Å². The van der Waals surface area contributed by atoms with Gasteiger partial charge in [-0.25, -0.2) is 53.2 Å². The van der Waals surface area contributed by atoms with Crippen molar-refractivity contribution in [2.45, 2.75) is 145 Å². The number of nitrogen functional groups attached to an aromatic ring is 4. The summed E-state index contributed by atoms with van der Waals surface area (Å²) in [6.07, 6.45) is -15.5. The van der Waals surface area contributed by atoms with Gasteiger partial charge in [-0.05, 0) is 53.6 Å². The Morgan fingerprint density at radius 1 is 0.697 bits per heavy atom.